The molecule has 0 amide bonds. The molecule has 1 atom stereocenters. The van der Waals surface area contributed by atoms with Gasteiger partial charge >= 0.3 is 5.97 Å². The van der Waals surface area contributed by atoms with E-state index in [9.17, 15) is 9.90 Å². The van der Waals surface area contributed by atoms with E-state index in [0.29, 0.717) is 12.8 Å². The van der Waals surface area contributed by atoms with Gasteiger partial charge in [-0.15, -0.1) is 0 Å². The summed E-state index contributed by atoms with van der Waals surface area (Å²) < 4.78 is 6.09. The molecule has 0 saturated heterocycles. The van der Waals surface area contributed by atoms with Crippen molar-refractivity contribution in [3.63, 3.8) is 0 Å². The number of carbonyl (C=O) groups is 1. The summed E-state index contributed by atoms with van der Waals surface area (Å²) in [6, 6.07) is 11.7. The molecular weight excluding hydrogens is 432 g/mol. The molecule has 0 fully saturated rings. The molecule has 1 aliphatic rings. The number of benzene rings is 2. The van der Waals surface area contributed by atoms with Crippen LogP contribution in [0.3, 0.4) is 0 Å². The molecule has 1 heterocycles. The van der Waals surface area contributed by atoms with E-state index in [4.69, 9.17) is 16.2 Å². The lowest BCUT2D eigenvalue weighted by Crippen LogP contribution is -2.44. The van der Waals surface area contributed by atoms with Crippen LogP contribution in [-0.2, 0) is 21.4 Å². The van der Waals surface area contributed by atoms with Crippen molar-refractivity contribution < 1.29 is 14.6 Å². The zero-order chi connectivity index (χ0) is 24.6. The van der Waals surface area contributed by atoms with E-state index in [0.717, 1.165) is 39.4 Å². The molecule has 6 heteroatoms. The van der Waals surface area contributed by atoms with Gasteiger partial charge in [0.15, 0.2) is 0 Å². The van der Waals surface area contributed by atoms with E-state index in [1.807, 2.05) is 57.2 Å². The standard InChI is InChI=1S/C27H36N2O3S/c1-16(2)27(12-11-18-7-9-19(28)10-8-18)15-22(30)24(25(31)32-27)33-23-13-17(3)21(29)14-20(23)26(4,5)6/h7-10,13-14,16,30H,11-12,15,28-29H2,1-6H3. The van der Waals surface area contributed by atoms with Gasteiger partial charge in [0.05, 0.1) is 0 Å². The highest BCUT2D eigenvalue weighted by molar-refractivity contribution is 8.04. The average molecular weight is 469 g/mol. The minimum absolute atomic E-state index is 0.0489. The summed E-state index contributed by atoms with van der Waals surface area (Å²) in [5.74, 6) is -0.325. The van der Waals surface area contributed by atoms with Gasteiger partial charge < -0.3 is 21.3 Å². The predicted molar refractivity (Wildman–Crippen MR) is 137 cm³/mol. The lowest BCUT2D eigenvalue weighted by molar-refractivity contribution is -0.164. The fourth-order valence-electron chi connectivity index (χ4n) is 4.12. The van der Waals surface area contributed by atoms with Gasteiger partial charge in [0, 0.05) is 22.7 Å². The van der Waals surface area contributed by atoms with Gasteiger partial charge in [0.25, 0.3) is 0 Å². The van der Waals surface area contributed by atoms with Crippen molar-refractivity contribution in [2.75, 3.05) is 11.5 Å². The molecule has 0 aromatic heterocycles. The molecule has 5 N–H and O–H groups in total. The quantitative estimate of drug-likeness (QED) is 0.340. The maximum atomic E-state index is 13.2. The maximum Gasteiger partial charge on any atom is 0.349 e. The third-order valence-corrected chi connectivity index (χ3v) is 7.63. The van der Waals surface area contributed by atoms with E-state index in [-0.39, 0.29) is 22.0 Å². The van der Waals surface area contributed by atoms with Crippen LogP contribution < -0.4 is 11.5 Å². The first-order chi connectivity index (χ1) is 15.3. The number of aliphatic hydroxyl groups excluding tert-OH is 1. The third kappa shape index (κ3) is 5.49. The molecular formula is C27H36N2O3S. The summed E-state index contributed by atoms with van der Waals surface area (Å²) in [5, 5.41) is 11.1. The molecule has 178 valence electrons. The maximum absolute atomic E-state index is 13.2. The van der Waals surface area contributed by atoms with Gasteiger partial charge in [-0.05, 0) is 72.1 Å². The SMILES string of the molecule is Cc1cc(SC2=C(O)CC(CCc3ccc(N)cc3)(C(C)C)OC2=O)c(C(C)(C)C)cc1N. The van der Waals surface area contributed by atoms with Crippen LogP contribution in [0.5, 0.6) is 0 Å². The highest BCUT2D eigenvalue weighted by atomic mass is 32.2. The number of carbonyl (C=O) groups excluding carboxylic acids is 1. The number of esters is 1. The Morgan fingerprint density at radius 2 is 1.79 bits per heavy atom. The van der Waals surface area contributed by atoms with Crippen LogP contribution in [-0.4, -0.2) is 16.7 Å². The number of aryl methyl sites for hydroxylation is 2. The monoisotopic (exact) mass is 468 g/mol. The number of cyclic esters (lactones) is 1. The summed E-state index contributed by atoms with van der Waals surface area (Å²) in [6.07, 6.45) is 1.65. The zero-order valence-electron chi connectivity index (χ0n) is 20.5. The fraction of sp³-hybridized carbons (Fsp3) is 0.444. The summed E-state index contributed by atoms with van der Waals surface area (Å²) >= 11 is 1.27. The van der Waals surface area contributed by atoms with Crippen molar-refractivity contribution in [3.05, 3.63) is 63.8 Å². The number of hydrogen-bond acceptors (Lipinski definition) is 6. The molecule has 0 spiro atoms. The van der Waals surface area contributed by atoms with Crippen LogP contribution in [0.2, 0.25) is 0 Å². The molecule has 5 nitrogen and oxygen atoms in total. The molecule has 1 aliphatic heterocycles. The van der Waals surface area contributed by atoms with Crippen molar-refractivity contribution in [3.8, 4) is 0 Å². The highest BCUT2D eigenvalue weighted by Crippen LogP contribution is 2.45. The first-order valence-electron chi connectivity index (χ1n) is 11.4. The molecule has 3 rings (SSSR count). The Morgan fingerprint density at radius 1 is 1.15 bits per heavy atom. The number of hydrogen-bond donors (Lipinski definition) is 3. The molecule has 1 unspecified atom stereocenters. The fourth-order valence-corrected chi connectivity index (χ4v) is 5.36. The van der Waals surface area contributed by atoms with Crippen molar-refractivity contribution in [2.24, 2.45) is 5.92 Å². The van der Waals surface area contributed by atoms with Gasteiger partial charge in [-0.25, -0.2) is 4.79 Å². The second-order valence-electron chi connectivity index (χ2n) is 10.4. The van der Waals surface area contributed by atoms with Crippen LogP contribution in [0.1, 0.15) is 64.2 Å². The summed E-state index contributed by atoms with van der Waals surface area (Å²) in [4.78, 5) is 14.4. The van der Waals surface area contributed by atoms with Crippen LogP contribution in [0.15, 0.2) is 52.0 Å². The zero-order valence-corrected chi connectivity index (χ0v) is 21.3. The first-order valence-corrected chi connectivity index (χ1v) is 12.2. The Hall–Kier alpha value is -2.60. The summed E-state index contributed by atoms with van der Waals surface area (Å²) in [7, 11) is 0. The molecule has 33 heavy (non-hydrogen) atoms. The lowest BCUT2D eigenvalue weighted by atomic mass is 9.80. The second kappa shape index (κ2) is 9.34. The lowest BCUT2D eigenvalue weighted by Gasteiger charge is -2.40. The van der Waals surface area contributed by atoms with Gasteiger partial charge in [0.2, 0.25) is 0 Å². The topological polar surface area (TPSA) is 98.6 Å². The number of anilines is 2. The normalized spacial score (nSPS) is 19.2. The number of ether oxygens (including phenoxy) is 1. The minimum atomic E-state index is -0.753. The Labute approximate surface area is 201 Å². The van der Waals surface area contributed by atoms with Crippen molar-refractivity contribution in [2.45, 2.75) is 76.7 Å². The third-order valence-electron chi connectivity index (χ3n) is 6.47. The smallest absolute Gasteiger partial charge is 0.349 e. The number of thioether (sulfide) groups is 1. The Kier molecular flexibility index (Phi) is 7.08. The number of nitrogen functional groups attached to an aromatic ring is 2. The number of nitrogens with two attached hydrogens (primary N) is 2. The molecule has 0 bridgehead atoms. The average Bonchev–Trinajstić information content (AvgIpc) is 2.71. The number of rotatable bonds is 6. The van der Waals surface area contributed by atoms with E-state index >= 15 is 0 Å². The summed E-state index contributed by atoms with van der Waals surface area (Å²) in [5.41, 5.74) is 15.6. The second-order valence-corrected chi connectivity index (χ2v) is 11.4. The van der Waals surface area contributed by atoms with Gasteiger partial charge in [-0.2, -0.15) is 0 Å². The molecule has 2 aromatic carbocycles. The number of aliphatic hydroxyl groups is 1. The van der Waals surface area contributed by atoms with Crippen LogP contribution in [0.4, 0.5) is 11.4 Å². The first kappa shape index (κ1) is 25.0. The summed E-state index contributed by atoms with van der Waals surface area (Å²) in [6.45, 7) is 12.3. The molecule has 0 radical (unpaired) electrons. The molecule has 0 saturated carbocycles. The van der Waals surface area contributed by atoms with Gasteiger partial charge in [-0.1, -0.05) is 58.5 Å². The van der Waals surface area contributed by atoms with Crippen LogP contribution in [0, 0.1) is 12.8 Å². The molecule has 0 aliphatic carbocycles. The van der Waals surface area contributed by atoms with Crippen molar-refractivity contribution in [1.29, 1.82) is 0 Å². The Balaban J connectivity index is 1.90. The van der Waals surface area contributed by atoms with Gasteiger partial charge in [0.1, 0.15) is 16.3 Å². The van der Waals surface area contributed by atoms with Crippen LogP contribution in [0.25, 0.3) is 0 Å². The van der Waals surface area contributed by atoms with Crippen molar-refractivity contribution in [1.82, 2.24) is 0 Å². The van der Waals surface area contributed by atoms with E-state index in [1.165, 1.54) is 11.8 Å². The molecule has 2 aromatic rings. The predicted octanol–water partition coefficient (Wildman–Crippen LogP) is 6.29. The Bertz CT molecular complexity index is 1070. The van der Waals surface area contributed by atoms with Gasteiger partial charge in [-0.3, -0.25) is 0 Å². The van der Waals surface area contributed by atoms with Crippen molar-refractivity contribution >= 4 is 29.1 Å². The Morgan fingerprint density at radius 3 is 2.33 bits per heavy atom. The largest absolute Gasteiger partial charge is 0.511 e. The van der Waals surface area contributed by atoms with E-state index in [2.05, 4.69) is 20.8 Å². The van der Waals surface area contributed by atoms with Crippen LogP contribution >= 0.6 is 11.8 Å². The minimum Gasteiger partial charge on any atom is -0.511 e. The van der Waals surface area contributed by atoms with E-state index < -0.39 is 11.6 Å². The highest BCUT2D eigenvalue weighted by Gasteiger charge is 2.44. The van der Waals surface area contributed by atoms with E-state index in [1.54, 1.807) is 0 Å².